The molecule has 3 rings (SSSR count). The Morgan fingerprint density at radius 2 is 2.38 bits per heavy atom. The maximum Gasteiger partial charge on any atom is 0.243 e. The molecule has 0 bridgehead atoms. The molecule has 1 amide bonds. The Balaban J connectivity index is 1.46. The Morgan fingerprint density at radius 1 is 1.50 bits per heavy atom. The highest BCUT2D eigenvalue weighted by Crippen LogP contribution is 2.20. The van der Waals surface area contributed by atoms with Crippen LogP contribution in [0.1, 0.15) is 19.0 Å². The maximum absolute atomic E-state index is 12.3. The Morgan fingerprint density at radius 3 is 3.08 bits per heavy atom. The van der Waals surface area contributed by atoms with E-state index in [0.717, 1.165) is 37.6 Å². The van der Waals surface area contributed by atoms with E-state index in [1.807, 2.05) is 32.0 Å². The number of likely N-dealkylation sites (tertiary alicyclic amines) is 1. The molecule has 0 unspecified atom stereocenters. The molecule has 0 aliphatic carbocycles. The van der Waals surface area contributed by atoms with Crippen molar-refractivity contribution in [2.24, 2.45) is 5.92 Å². The molecule has 1 aliphatic heterocycles. The van der Waals surface area contributed by atoms with Gasteiger partial charge in [0, 0.05) is 25.4 Å². The normalized spacial score (nSPS) is 19.2. The topological polar surface area (TPSA) is 83.3 Å². The molecule has 24 heavy (non-hydrogen) atoms. The van der Waals surface area contributed by atoms with Crippen molar-refractivity contribution in [3.8, 4) is 0 Å². The van der Waals surface area contributed by atoms with Gasteiger partial charge in [-0.25, -0.2) is 4.98 Å². The fourth-order valence-corrected chi connectivity index (χ4v) is 2.91. The van der Waals surface area contributed by atoms with Gasteiger partial charge in [-0.2, -0.15) is 0 Å². The summed E-state index contributed by atoms with van der Waals surface area (Å²) in [5, 5.41) is 9.91. The highest BCUT2D eigenvalue weighted by atomic mass is 16.5. The summed E-state index contributed by atoms with van der Waals surface area (Å²) in [6, 6.07) is 7.35. The van der Waals surface area contributed by atoms with Gasteiger partial charge in [0.2, 0.25) is 11.8 Å². The van der Waals surface area contributed by atoms with Crippen molar-refractivity contribution in [2.75, 3.05) is 30.3 Å². The molecule has 1 aliphatic rings. The predicted octanol–water partition coefficient (Wildman–Crippen LogP) is 2.14. The molecule has 2 aromatic rings. The van der Waals surface area contributed by atoms with Crippen LogP contribution >= 0.6 is 0 Å². The first-order chi connectivity index (χ1) is 11.6. The number of aryl methyl sites for hydroxylation is 1. The number of anilines is 2. The monoisotopic (exact) mass is 329 g/mol. The van der Waals surface area contributed by atoms with Crippen LogP contribution in [0.5, 0.6) is 0 Å². The van der Waals surface area contributed by atoms with Gasteiger partial charge in [0.15, 0.2) is 0 Å². The summed E-state index contributed by atoms with van der Waals surface area (Å²) >= 11 is 0. The van der Waals surface area contributed by atoms with Gasteiger partial charge in [-0.15, -0.1) is 0 Å². The number of hydrogen-bond acceptors (Lipinski definition) is 6. The number of pyridine rings is 1. The van der Waals surface area contributed by atoms with Crippen LogP contribution in [0, 0.1) is 12.8 Å². The van der Waals surface area contributed by atoms with Crippen molar-refractivity contribution in [3.05, 3.63) is 36.2 Å². The van der Waals surface area contributed by atoms with Crippen molar-refractivity contribution in [1.82, 2.24) is 15.0 Å². The minimum Gasteiger partial charge on any atom is -0.370 e. The average molecular weight is 329 g/mol. The van der Waals surface area contributed by atoms with Crippen LogP contribution < -0.4 is 10.6 Å². The number of nitrogens with zero attached hydrogens (tertiary/aromatic N) is 3. The third kappa shape index (κ3) is 4.11. The van der Waals surface area contributed by atoms with Crippen LogP contribution in [-0.2, 0) is 4.79 Å². The maximum atomic E-state index is 12.3. The first-order valence-corrected chi connectivity index (χ1v) is 8.25. The highest BCUT2D eigenvalue weighted by molar-refractivity contribution is 5.93. The van der Waals surface area contributed by atoms with E-state index >= 15 is 0 Å². The summed E-state index contributed by atoms with van der Waals surface area (Å²) in [5.41, 5.74) is 0.750. The zero-order valence-corrected chi connectivity index (χ0v) is 14.0. The number of carbonyl (C=O) groups is 1. The van der Waals surface area contributed by atoms with Crippen LogP contribution in [-0.4, -0.2) is 46.6 Å². The lowest BCUT2D eigenvalue weighted by Crippen LogP contribution is -2.41. The van der Waals surface area contributed by atoms with Crippen molar-refractivity contribution in [3.63, 3.8) is 0 Å². The number of nitrogens with one attached hydrogen (secondary N) is 2. The fraction of sp³-hybridized carbons (Fsp3) is 0.471. The molecule has 7 heteroatoms. The lowest BCUT2D eigenvalue weighted by molar-refractivity contribution is -0.120. The highest BCUT2D eigenvalue weighted by Gasteiger charge is 2.29. The minimum atomic E-state index is -0.199. The molecule has 128 valence electrons. The van der Waals surface area contributed by atoms with Gasteiger partial charge in [0.1, 0.15) is 5.82 Å². The summed E-state index contributed by atoms with van der Waals surface area (Å²) in [7, 11) is 0. The molecule has 0 aromatic carbocycles. The van der Waals surface area contributed by atoms with Crippen LogP contribution in [0.15, 0.2) is 35.0 Å². The lowest BCUT2D eigenvalue weighted by Gasteiger charge is -2.23. The average Bonchev–Trinajstić information content (AvgIpc) is 3.22. The quantitative estimate of drug-likeness (QED) is 0.845. The Bertz CT molecular complexity index is 673. The van der Waals surface area contributed by atoms with Gasteiger partial charge in [-0.3, -0.25) is 15.0 Å². The Hall–Kier alpha value is -2.41. The largest absolute Gasteiger partial charge is 0.370 e. The van der Waals surface area contributed by atoms with E-state index in [1.165, 1.54) is 0 Å². The summed E-state index contributed by atoms with van der Waals surface area (Å²) in [4.78, 5) is 18.8. The van der Waals surface area contributed by atoms with Gasteiger partial charge < -0.3 is 9.84 Å². The van der Waals surface area contributed by atoms with Crippen LogP contribution in [0.4, 0.5) is 11.7 Å². The number of rotatable bonds is 6. The van der Waals surface area contributed by atoms with Gasteiger partial charge in [-0.05, 0) is 44.9 Å². The molecule has 0 saturated carbocycles. The fourth-order valence-electron chi connectivity index (χ4n) is 2.91. The van der Waals surface area contributed by atoms with E-state index in [1.54, 1.807) is 12.3 Å². The van der Waals surface area contributed by atoms with Crippen LogP contribution in [0.25, 0.3) is 0 Å². The van der Waals surface area contributed by atoms with Crippen molar-refractivity contribution < 1.29 is 9.32 Å². The predicted molar refractivity (Wildman–Crippen MR) is 91.7 cm³/mol. The Labute approximate surface area is 141 Å². The van der Waals surface area contributed by atoms with E-state index in [4.69, 9.17) is 4.52 Å². The SMILES string of the molecule is Cc1cc(NC(=O)[C@H](C)N2CC[C@H](CNc3ccccn3)C2)on1. The van der Waals surface area contributed by atoms with Crippen molar-refractivity contribution in [2.45, 2.75) is 26.3 Å². The number of amides is 1. The van der Waals surface area contributed by atoms with Gasteiger partial charge in [0.25, 0.3) is 0 Å². The molecule has 0 radical (unpaired) electrons. The molecular weight excluding hydrogens is 306 g/mol. The van der Waals surface area contributed by atoms with Crippen LogP contribution in [0.3, 0.4) is 0 Å². The smallest absolute Gasteiger partial charge is 0.243 e. The standard InChI is InChI=1S/C17H23N5O2/c1-12-9-16(24-21-12)20-17(23)13(2)22-8-6-14(11-22)10-19-15-5-3-4-7-18-15/h3-5,7,9,13-14H,6,8,10-11H2,1-2H3,(H,18,19)(H,20,23)/t13-,14+/m0/s1. The van der Waals surface area contributed by atoms with Gasteiger partial charge in [-0.1, -0.05) is 11.2 Å². The molecule has 3 heterocycles. The molecule has 7 nitrogen and oxygen atoms in total. The van der Waals surface area contributed by atoms with Gasteiger partial charge >= 0.3 is 0 Å². The summed E-state index contributed by atoms with van der Waals surface area (Å²) < 4.78 is 5.04. The zero-order valence-electron chi connectivity index (χ0n) is 14.0. The number of carbonyl (C=O) groups excluding carboxylic acids is 1. The Kier molecular flexibility index (Phi) is 5.10. The molecule has 2 aromatic heterocycles. The number of aromatic nitrogens is 2. The summed E-state index contributed by atoms with van der Waals surface area (Å²) in [6.07, 6.45) is 2.85. The second-order valence-electron chi connectivity index (χ2n) is 6.24. The first-order valence-electron chi connectivity index (χ1n) is 8.25. The molecular formula is C17H23N5O2. The molecule has 2 atom stereocenters. The third-order valence-electron chi connectivity index (χ3n) is 4.36. The van der Waals surface area contributed by atoms with Crippen molar-refractivity contribution in [1.29, 1.82) is 0 Å². The van der Waals surface area contributed by atoms with E-state index in [9.17, 15) is 4.79 Å². The minimum absolute atomic E-state index is 0.0653. The van der Waals surface area contributed by atoms with Gasteiger partial charge in [0.05, 0.1) is 11.7 Å². The first kappa shape index (κ1) is 16.4. The second kappa shape index (κ2) is 7.44. The molecule has 1 fully saturated rings. The van der Waals surface area contributed by atoms with E-state index in [-0.39, 0.29) is 11.9 Å². The summed E-state index contributed by atoms with van der Waals surface area (Å²) in [6.45, 7) is 6.42. The molecule has 0 spiro atoms. The van der Waals surface area contributed by atoms with E-state index < -0.39 is 0 Å². The van der Waals surface area contributed by atoms with Crippen LogP contribution in [0.2, 0.25) is 0 Å². The number of hydrogen-bond donors (Lipinski definition) is 2. The van der Waals surface area contributed by atoms with Crippen molar-refractivity contribution >= 4 is 17.6 Å². The third-order valence-corrected chi connectivity index (χ3v) is 4.36. The second-order valence-corrected chi connectivity index (χ2v) is 6.24. The van der Waals surface area contributed by atoms with E-state index in [0.29, 0.717) is 11.8 Å². The summed E-state index contributed by atoms with van der Waals surface area (Å²) in [5.74, 6) is 1.73. The molecule has 1 saturated heterocycles. The zero-order chi connectivity index (χ0) is 16.9. The molecule has 2 N–H and O–H groups in total. The lowest BCUT2D eigenvalue weighted by atomic mass is 10.1. The van der Waals surface area contributed by atoms with E-state index in [2.05, 4.69) is 25.7 Å².